The summed E-state index contributed by atoms with van der Waals surface area (Å²) in [4.78, 5) is 18.5. The minimum atomic E-state index is -0.0324. The van der Waals surface area contributed by atoms with Gasteiger partial charge in [-0.3, -0.25) is 9.89 Å². The van der Waals surface area contributed by atoms with Crippen molar-refractivity contribution in [1.29, 1.82) is 0 Å². The van der Waals surface area contributed by atoms with Crippen LogP contribution in [0.4, 0.5) is 5.69 Å². The third-order valence-corrected chi connectivity index (χ3v) is 5.15. The minimum Gasteiger partial charge on any atom is -0.339 e. The van der Waals surface area contributed by atoms with Crippen LogP contribution in [-0.4, -0.2) is 32.8 Å². The number of hydrogen-bond donors (Lipinski definition) is 1. The molecule has 2 fully saturated rings. The first kappa shape index (κ1) is 14.4. The fraction of sp³-hybridized carbons (Fsp3) is 0.625. The summed E-state index contributed by atoms with van der Waals surface area (Å²) in [5.41, 5.74) is 1.09. The Morgan fingerprint density at radius 1 is 1.43 bits per heavy atom. The summed E-state index contributed by atoms with van der Waals surface area (Å²) in [5, 5.41) is 10.8. The van der Waals surface area contributed by atoms with Gasteiger partial charge in [0.2, 0.25) is 11.8 Å². The second kappa shape index (κ2) is 5.47. The maximum atomic E-state index is 12.2. The third kappa shape index (κ3) is 2.75. The lowest BCUT2D eigenvalue weighted by Gasteiger charge is -2.20. The maximum absolute atomic E-state index is 12.2. The van der Waals surface area contributed by atoms with E-state index in [4.69, 9.17) is 4.52 Å². The van der Waals surface area contributed by atoms with E-state index in [2.05, 4.69) is 27.3 Å². The van der Waals surface area contributed by atoms with Gasteiger partial charge in [0, 0.05) is 25.6 Å². The highest BCUT2D eigenvalue weighted by Gasteiger charge is 2.36. The van der Waals surface area contributed by atoms with Gasteiger partial charge >= 0.3 is 0 Å². The van der Waals surface area contributed by atoms with Gasteiger partial charge in [0.05, 0.1) is 17.8 Å². The van der Waals surface area contributed by atoms with E-state index in [1.54, 1.807) is 17.3 Å². The highest BCUT2D eigenvalue weighted by molar-refractivity contribution is 5.96. The zero-order chi connectivity index (χ0) is 15.9. The fourth-order valence-electron chi connectivity index (χ4n) is 3.81. The van der Waals surface area contributed by atoms with Crippen LogP contribution in [0.3, 0.4) is 0 Å². The molecular weight excluding hydrogens is 294 g/mol. The second-order valence-electron chi connectivity index (χ2n) is 7.11. The summed E-state index contributed by atoms with van der Waals surface area (Å²) in [6.45, 7) is 2.87. The largest absolute Gasteiger partial charge is 0.339 e. The van der Waals surface area contributed by atoms with E-state index in [0.29, 0.717) is 24.3 Å². The number of aromatic nitrogens is 4. The molecule has 2 aromatic heterocycles. The number of nitrogens with one attached hydrogen (secondary N) is 1. The van der Waals surface area contributed by atoms with Crippen LogP contribution in [0.2, 0.25) is 0 Å². The Balaban J connectivity index is 1.46. The molecule has 1 amide bonds. The molecule has 7 heteroatoms. The fourth-order valence-corrected chi connectivity index (χ4v) is 3.81. The predicted molar refractivity (Wildman–Crippen MR) is 82.9 cm³/mol. The quantitative estimate of drug-likeness (QED) is 0.936. The van der Waals surface area contributed by atoms with Crippen molar-refractivity contribution in [2.75, 3.05) is 11.4 Å². The van der Waals surface area contributed by atoms with Crippen LogP contribution < -0.4 is 4.90 Å². The molecule has 2 aliphatic rings. The van der Waals surface area contributed by atoms with Crippen LogP contribution in [0.1, 0.15) is 56.7 Å². The number of rotatable bonds is 4. The molecule has 1 unspecified atom stereocenters. The molecule has 0 spiro atoms. The van der Waals surface area contributed by atoms with Crippen LogP contribution in [0.5, 0.6) is 0 Å². The van der Waals surface area contributed by atoms with Gasteiger partial charge in [-0.25, -0.2) is 0 Å². The van der Waals surface area contributed by atoms with Crippen molar-refractivity contribution in [2.45, 2.75) is 51.4 Å². The summed E-state index contributed by atoms with van der Waals surface area (Å²) in [7, 11) is 0. The topological polar surface area (TPSA) is 87.9 Å². The molecular formula is C16H21N5O2. The molecule has 1 saturated heterocycles. The van der Waals surface area contributed by atoms with Gasteiger partial charge in [0.1, 0.15) is 0 Å². The predicted octanol–water partition coefficient (Wildman–Crippen LogP) is 2.44. The van der Waals surface area contributed by atoms with Crippen molar-refractivity contribution in [3.63, 3.8) is 0 Å². The molecule has 1 aliphatic heterocycles. The number of nitrogens with zero attached hydrogens (tertiary/aromatic N) is 4. The first-order valence-electron chi connectivity index (χ1n) is 8.25. The summed E-state index contributed by atoms with van der Waals surface area (Å²) in [5.74, 6) is 1.40. The summed E-state index contributed by atoms with van der Waals surface area (Å²) in [6.07, 6.45) is 9.68. The molecule has 3 heterocycles. The Morgan fingerprint density at radius 3 is 3.00 bits per heavy atom. The molecule has 0 bridgehead atoms. The van der Waals surface area contributed by atoms with Crippen LogP contribution in [0, 0.1) is 5.41 Å². The summed E-state index contributed by atoms with van der Waals surface area (Å²) >= 11 is 0. The van der Waals surface area contributed by atoms with Crippen LogP contribution in [-0.2, 0) is 11.2 Å². The molecule has 23 heavy (non-hydrogen) atoms. The van der Waals surface area contributed by atoms with Crippen LogP contribution >= 0.6 is 0 Å². The van der Waals surface area contributed by atoms with Gasteiger partial charge in [0.15, 0.2) is 5.82 Å². The standard InChI is InChI=1S/C16H21N5O2/c1-16(4-2-3-5-16)7-13-19-15(23-20-13)11-6-14(22)21(10-11)12-8-17-18-9-12/h8-9,11H,2-7,10H2,1H3,(H,17,18). The molecule has 122 valence electrons. The number of carbonyl (C=O) groups excluding carboxylic acids is 1. The lowest BCUT2D eigenvalue weighted by molar-refractivity contribution is -0.117. The van der Waals surface area contributed by atoms with E-state index in [-0.39, 0.29) is 11.8 Å². The molecule has 7 nitrogen and oxygen atoms in total. The van der Waals surface area contributed by atoms with E-state index in [1.165, 1.54) is 25.7 Å². The first-order valence-corrected chi connectivity index (χ1v) is 8.25. The van der Waals surface area contributed by atoms with Crippen molar-refractivity contribution in [2.24, 2.45) is 5.41 Å². The van der Waals surface area contributed by atoms with Crippen molar-refractivity contribution < 1.29 is 9.32 Å². The van der Waals surface area contributed by atoms with Crippen molar-refractivity contribution in [1.82, 2.24) is 20.3 Å². The Morgan fingerprint density at radius 2 is 2.26 bits per heavy atom. The molecule has 1 saturated carbocycles. The van der Waals surface area contributed by atoms with Gasteiger partial charge in [0.25, 0.3) is 0 Å². The summed E-state index contributed by atoms with van der Waals surface area (Å²) in [6, 6.07) is 0. The SMILES string of the molecule is CC1(Cc2noc(C3CC(=O)N(c4cn[nH]c4)C3)n2)CCCC1. The molecule has 0 radical (unpaired) electrons. The Bertz CT molecular complexity index is 687. The van der Waals surface area contributed by atoms with Gasteiger partial charge in [-0.1, -0.05) is 24.9 Å². The summed E-state index contributed by atoms with van der Waals surface area (Å²) < 4.78 is 5.45. The Hall–Kier alpha value is -2.18. The average molecular weight is 315 g/mol. The lowest BCUT2D eigenvalue weighted by atomic mass is 9.85. The molecule has 1 aliphatic carbocycles. The number of amides is 1. The average Bonchev–Trinajstić information content (AvgIpc) is 3.26. The van der Waals surface area contributed by atoms with Crippen LogP contribution in [0.15, 0.2) is 16.9 Å². The monoisotopic (exact) mass is 315 g/mol. The zero-order valence-corrected chi connectivity index (χ0v) is 13.3. The highest BCUT2D eigenvalue weighted by Crippen LogP contribution is 2.40. The molecule has 1 N–H and O–H groups in total. The van der Waals surface area contributed by atoms with E-state index >= 15 is 0 Å². The molecule has 2 aromatic rings. The lowest BCUT2D eigenvalue weighted by Crippen LogP contribution is -2.23. The van der Waals surface area contributed by atoms with E-state index in [0.717, 1.165) is 17.9 Å². The van der Waals surface area contributed by atoms with E-state index in [9.17, 15) is 4.79 Å². The normalized spacial score (nSPS) is 23.8. The van der Waals surface area contributed by atoms with Crippen molar-refractivity contribution >= 4 is 11.6 Å². The number of aromatic amines is 1. The maximum Gasteiger partial charge on any atom is 0.232 e. The van der Waals surface area contributed by atoms with Crippen LogP contribution in [0.25, 0.3) is 0 Å². The van der Waals surface area contributed by atoms with E-state index in [1.807, 2.05) is 0 Å². The minimum absolute atomic E-state index is 0.0324. The second-order valence-corrected chi connectivity index (χ2v) is 7.11. The number of H-pyrrole nitrogens is 1. The number of anilines is 1. The molecule has 4 rings (SSSR count). The van der Waals surface area contributed by atoms with E-state index < -0.39 is 0 Å². The Kier molecular flexibility index (Phi) is 3.43. The van der Waals surface area contributed by atoms with Gasteiger partial charge in [-0.05, 0) is 18.3 Å². The van der Waals surface area contributed by atoms with Gasteiger partial charge in [-0.2, -0.15) is 10.1 Å². The highest BCUT2D eigenvalue weighted by atomic mass is 16.5. The Labute approximate surface area is 134 Å². The van der Waals surface area contributed by atoms with Gasteiger partial charge in [-0.15, -0.1) is 0 Å². The third-order valence-electron chi connectivity index (χ3n) is 5.15. The van der Waals surface area contributed by atoms with Crippen molar-refractivity contribution in [3.05, 3.63) is 24.1 Å². The zero-order valence-electron chi connectivity index (χ0n) is 13.3. The van der Waals surface area contributed by atoms with Crippen molar-refractivity contribution in [3.8, 4) is 0 Å². The first-order chi connectivity index (χ1) is 11.1. The molecule has 1 atom stereocenters. The molecule has 0 aromatic carbocycles. The number of hydrogen-bond acceptors (Lipinski definition) is 5. The smallest absolute Gasteiger partial charge is 0.232 e. The van der Waals surface area contributed by atoms with Gasteiger partial charge < -0.3 is 9.42 Å². The number of carbonyl (C=O) groups is 1.